The van der Waals surface area contributed by atoms with Gasteiger partial charge < -0.3 is 15.1 Å². The molecule has 0 spiro atoms. The van der Waals surface area contributed by atoms with Gasteiger partial charge in [-0.05, 0) is 36.3 Å². The van der Waals surface area contributed by atoms with Crippen LogP contribution in [0.1, 0.15) is 32.8 Å². The van der Waals surface area contributed by atoms with Crippen molar-refractivity contribution in [1.29, 1.82) is 0 Å². The fraction of sp³-hybridized carbons (Fsp3) is 0.632. The molecule has 0 bridgehead atoms. The van der Waals surface area contributed by atoms with Crippen LogP contribution in [0.5, 0.6) is 0 Å². The highest BCUT2D eigenvalue weighted by molar-refractivity contribution is 5.87. The molecule has 0 radical (unpaired) electrons. The molecule has 0 saturated carbocycles. The van der Waals surface area contributed by atoms with Crippen molar-refractivity contribution in [3.63, 3.8) is 0 Å². The highest BCUT2D eigenvalue weighted by Crippen LogP contribution is 2.36. The Morgan fingerprint density at radius 2 is 2.08 bits per heavy atom. The molecule has 3 rings (SSSR count). The van der Waals surface area contributed by atoms with Crippen LogP contribution in [0.4, 0.5) is 15.8 Å². The number of fused-ring (bicyclic) bond motifs is 1. The largest absolute Gasteiger partial charge is 0.369 e. The SMILES string of the molecule is CC1CCN(c2ccc3c(c2F)N(C)C(C(C)C)C(=O)NCC3)C1. The molecule has 1 aromatic carbocycles. The quantitative estimate of drug-likeness (QED) is 0.904. The van der Waals surface area contributed by atoms with Gasteiger partial charge in [-0.1, -0.05) is 26.8 Å². The van der Waals surface area contributed by atoms with Gasteiger partial charge >= 0.3 is 0 Å². The molecule has 24 heavy (non-hydrogen) atoms. The number of halogens is 1. The summed E-state index contributed by atoms with van der Waals surface area (Å²) in [6, 6.07) is 3.59. The molecule has 1 fully saturated rings. The fourth-order valence-corrected chi connectivity index (χ4v) is 4.06. The summed E-state index contributed by atoms with van der Waals surface area (Å²) in [5.41, 5.74) is 2.24. The van der Waals surface area contributed by atoms with Crippen LogP contribution in [-0.4, -0.2) is 38.6 Å². The monoisotopic (exact) mass is 333 g/mol. The van der Waals surface area contributed by atoms with E-state index in [0.29, 0.717) is 30.3 Å². The van der Waals surface area contributed by atoms with Gasteiger partial charge in [-0.2, -0.15) is 0 Å². The van der Waals surface area contributed by atoms with Gasteiger partial charge in [0.2, 0.25) is 5.91 Å². The van der Waals surface area contributed by atoms with Crippen LogP contribution in [0.25, 0.3) is 0 Å². The maximum atomic E-state index is 15.4. The second-order valence-electron chi connectivity index (χ2n) is 7.59. The van der Waals surface area contributed by atoms with Gasteiger partial charge in [0.15, 0.2) is 5.82 Å². The topological polar surface area (TPSA) is 35.6 Å². The minimum atomic E-state index is -0.355. The van der Waals surface area contributed by atoms with Crippen LogP contribution in [0.2, 0.25) is 0 Å². The predicted molar refractivity (Wildman–Crippen MR) is 96.1 cm³/mol. The summed E-state index contributed by atoms with van der Waals surface area (Å²) in [4.78, 5) is 16.4. The highest BCUT2D eigenvalue weighted by atomic mass is 19.1. The van der Waals surface area contributed by atoms with E-state index < -0.39 is 0 Å². The van der Waals surface area contributed by atoms with Gasteiger partial charge in [0.1, 0.15) is 6.04 Å². The van der Waals surface area contributed by atoms with Crippen LogP contribution in [0.3, 0.4) is 0 Å². The maximum absolute atomic E-state index is 15.4. The van der Waals surface area contributed by atoms with Crippen molar-refractivity contribution in [3.8, 4) is 0 Å². The van der Waals surface area contributed by atoms with E-state index in [1.807, 2.05) is 37.9 Å². The zero-order chi connectivity index (χ0) is 17.4. The van der Waals surface area contributed by atoms with Gasteiger partial charge in [0.05, 0.1) is 11.4 Å². The molecule has 2 aliphatic rings. The second kappa shape index (κ2) is 6.61. The first-order valence-electron chi connectivity index (χ1n) is 8.97. The molecule has 0 aliphatic carbocycles. The van der Waals surface area contributed by atoms with Gasteiger partial charge in [-0.3, -0.25) is 4.79 Å². The lowest BCUT2D eigenvalue weighted by atomic mass is 9.97. The number of nitrogens with one attached hydrogen (secondary N) is 1. The van der Waals surface area contributed by atoms with E-state index >= 15 is 4.39 Å². The molecule has 132 valence electrons. The summed E-state index contributed by atoms with van der Waals surface area (Å²) in [7, 11) is 1.84. The average Bonchev–Trinajstić information content (AvgIpc) is 2.92. The third-order valence-electron chi connectivity index (χ3n) is 5.31. The molecule has 1 aromatic rings. The molecule has 2 unspecified atom stereocenters. The average molecular weight is 333 g/mol. The number of carbonyl (C=O) groups is 1. The first-order valence-corrected chi connectivity index (χ1v) is 8.97. The number of carbonyl (C=O) groups excluding carboxylic acids is 1. The van der Waals surface area contributed by atoms with Gasteiger partial charge in [-0.25, -0.2) is 4.39 Å². The van der Waals surface area contributed by atoms with E-state index in [2.05, 4.69) is 17.1 Å². The Morgan fingerprint density at radius 1 is 1.33 bits per heavy atom. The molecule has 2 heterocycles. The number of benzene rings is 1. The standard InChI is InChI=1S/C19H28FN3O/c1-12(2)17-19(24)21-9-7-14-5-6-15(16(20)18(14)22(17)4)23-10-8-13(3)11-23/h5-6,12-13,17H,7-11H2,1-4H3,(H,21,24). The van der Waals surface area contributed by atoms with Crippen molar-refractivity contribution >= 4 is 17.3 Å². The Bertz CT molecular complexity index is 631. The number of hydrogen-bond donors (Lipinski definition) is 1. The Morgan fingerprint density at radius 3 is 2.71 bits per heavy atom. The van der Waals surface area contributed by atoms with Crippen molar-refractivity contribution in [1.82, 2.24) is 5.32 Å². The molecule has 0 aromatic heterocycles. The summed E-state index contributed by atoms with van der Waals surface area (Å²) in [5.74, 6) is 0.511. The third kappa shape index (κ3) is 2.96. The minimum absolute atomic E-state index is 0.0160. The zero-order valence-electron chi connectivity index (χ0n) is 15.1. The van der Waals surface area contributed by atoms with Crippen molar-refractivity contribution in [2.45, 2.75) is 39.7 Å². The minimum Gasteiger partial charge on any atom is -0.369 e. The summed E-state index contributed by atoms with van der Waals surface area (Å²) in [5, 5.41) is 2.97. The number of rotatable bonds is 2. The van der Waals surface area contributed by atoms with Gasteiger partial charge in [0.25, 0.3) is 0 Å². The number of likely N-dealkylation sites (N-methyl/N-ethyl adjacent to an activating group) is 1. The Hall–Kier alpha value is -1.78. The number of anilines is 2. The van der Waals surface area contributed by atoms with Crippen LogP contribution in [0, 0.1) is 17.7 Å². The summed E-state index contributed by atoms with van der Waals surface area (Å²) in [6.07, 6.45) is 1.76. The maximum Gasteiger partial charge on any atom is 0.242 e. The van der Waals surface area contributed by atoms with Crippen LogP contribution < -0.4 is 15.1 Å². The van der Waals surface area contributed by atoms with Gasteiger partial charge in [0, 0.05) is 26.7 Å². The normalized spacial score (nSPS) is 24.7. The number of hydrogen-bond acceptors (Lipinski definition) is 3. The molecule has 4 nitrogen and oxygen atoms in total. The summed E-state index contributed by atoms with van der Waals surface area (Å²) in [6.45, 7) is 8.57. The molecular formula is C19H28FN3O. The lowest BCUT2D eigenvalue weighted by Crippen LogP contribution is -2.50. The molecule has 5 heteroatoms. The van der Waals surface area contributed by atoms with Crippen molar-refractivity contribution < 1.29 is 9.18 Å². The first kappa shape index (κ1) is 17.1. The van der Waals surface area contributed by atoms with Crippen LogP contribution in [-0.2, 0) is 11.2 Å². The van der Waals surface area contributed by atoms with Crippen molar-refractivity contribution in [2.75, 3.05) is 36.5 Å². The van der Waals surface area contributed by atoms with Crippen molar-refractivity contribution in [3.05, 3.63) is 23.5 Å². The number of amides is 1. The molecule has 1 saturated heterocycles. The Kier molecular flexibility index (Phi) is 4.70. The second-order valence-corrected chi connectivity index (χ2v) is 7.59. The summed E-state index contributed by atoms with van der Waals surface area (Å²) >= 11 is 0. The van der Waals surface area contributed by atoms with E-state index in [1.54, 1.807) is 0 Å². The predicted octanol–water partition coefficient (Wildman–Crippen LogP) is 2.81. The van der Waals surface area contributed by atoms with E-state index in [0.717, 1.165) is 25.1 Å². The molecule has 1 N–H and O–H groups in total. The van der Waals surface area contributed by atoms with Crippen LogP contribution in [0.15, 0.2) is 12.1 Å². The van der Waals surface area contributed by atoms with E-state index in [4.69, 9.17) is 0 Å². The highest BCUT2D eigenvalue weighted by Gasteiger charge is 2.33. The number of nitrogens with zero attached hydrogens (tertiary/aromatic N) is 2. The lowest BCUT2D eigenvalue weighted by Gasteiger charge is -2.36. The fourth-order valence-electron chi connectivity index (χ4n) is 4.06. The first-order chi connectivity index (χ1) is 11.4. The Balaban J connectivity index is 2.05. The molecule has 1 amide bonds. The van der Waals surface area contributed by atoms with E-state index in [9.17, 15) is 4.79 Å². The smallest absolute Gasteiger partial charge is 0.242 e. The lowest BCUT2D eigenvalue weighted by molar-refractivity contribution is -0.123. The summed E-state index contributed by atoms with van der Waals surface area (Å²) < 4.78 is 15.4. The molecule has 2 atom stereocenters. The Labute approximate surface area is 144 Å². The van der Waals surface area contributed by atoms with Crippen molar-refractivity contribution in [2.24, 2.45) is 11.8 Å². The van der Waals surface area contributed by atoms with Crippen LogP contribution >= 0.6 is 0 Å². The van der Waals surface area contributed by atoms with E-state index in [1.165, 1.54) is 0 Å². The van der Waals surface area contributed by atoms with E-state index in [-0.39, 0.29) is 23.7 Å². The zero-order valence-corrected chi connectivity index (χ0v) is 15.1. The molecular weight excluding hydrogens is 305 g/mol. The third-order valence-corrected chi connectivity index (χ3v) is 5.31. The van der Waals surface area contributed by atoms with Gasteiger partial charge in [-0.15, -0.1) is 0 Å². The molecule has 2 aliphatic heterocycles.